The normalized spacial score (nSPS) is 15.3. The van der Waals surface area contributed by atoms with E-state index in [4.69, 9.17) is 4.74 Å². The predicted molar refractivity (Wildman–Crippen MR) is 137 cm³/mol. The molecule has 34 heavy (non-hydrogen) atoms. The number of methoxy groups -OCH3 is 1. The molecular formula is C29H39NO4. The highest BCUT2D eigenvalue weighted by molar-refractivity contribution is 5.79. The van der Waals surface area contributed by atoms with E-state index in [1.54, 1.807) is 31.4 Å². The first-order valence-corrected chi connectivity index (χ1v) is 12.2. The number of carboxylic acids is 1. The summed E-state index contributed by atoms with van der Waals surface area (Å²) in [6.45, 7) is 7.02. The smallest absolute Gasteiger partial charge is 0.340 e. The number of likely N-dealkylation sites (N-methyl/N-ethyl adjacent to an activating group) is 1. The van der Waals surface area contributed by atoms with E-state index >= 15 is 0 Å². The molecule has 5 heteroatoms. The molecule has 1 aliphatic carbocycles. The Labute approximate surface area is 204 Å². The number of benzene rings is 2. The highest BCUT2D eigenvalue weighted by Gasteiger charge is 2.45. The molecule has 0 heterocycles. The second-order valence-corrected chi connectivity index (χ2v) is 8.67. The lowest BCUT2D eigenvalue weighted by Gasteiger charge is -2.35. The van der Waals surface area contributed by atoms with Crippen molar-refractivity contribution in [1.82, 2.24) is 4.90 Å². The molecule has 0 saturated heterocycles. The summed E-state index contributed by atoms with van der Waals surface area (Å²) in [6.07, 6.45) is 5.79. The van der Waals surface area contributed by atoms with E-state index in [1.807, 2.05) is 25.1 Å². The number of hydrogen-bond acceptors (Lipinski definition) is 4. The van der Waals surface area contributed by atoms with Crippen molar-refractivity contribution >= 4 is 5.97 Å². The van der Waals surface area contributed by atoms with Crippen LogP contribution in [-0.2, 0) is 16.8 Å². The zero-order valence-corrected chi connectivity index (χ0v) is 20.8. The van der Waals surface area contributed by atoms with Crippen LogP contribution in [0.4, 0.5) is 0 Å². The Kier molecular flexibility index (Phi) is 11.7. The first kappa shape index (κ1) is 27.4. The maximum absolute atomic E-state index is 11.5. The van der Waals surface area contributed by atoms with Gasteiger partial charge in [-0.1, -0.05) is 74.6 Å². The summed E-state index contributed by atoms with van der Waals surface area (Å²) in [4.78, 5) is 13.8. The van der Waals surface area contributed by atoms with E-state index in [0.29, 0.717) is 5.56 Å². The third kappa shape index (κ3) is 7.90. The number of aliphatic hydroxyl groups is 1. The maximum atomic E-state index is 11.5. The fraction of sp³-hybridized carbons (Fsp3) is 0.483. The van der Waals surface area contributed by atoms with Crippen molar-refractivity contribution in [1.29, 1.82) is 0 Å². The van der Waals surface area contributed by atoms with Gasteiger partial charge in [-0.2, -0.15) is 0 Å². The van der Waals surface area contributed by atoms with E-state index in [1.165, 1.54) is 5.56 Å². The van der Waals surface area contributed by atoms with Crippen molar-refractivity contribution in [3.8, 4) is 17.6 Å². The summed E-state index contributed by atoms with van der Waals surface area (Å²) in [5.41, 5.74) is 0.120. The molecule has 1 atom stereocenters. The van der Waals surface area contributed by atoms with Crippen LogP contribution >= 0.6 is 0 Å². The number of nitrogens with zero attached hydrogens (tertiary/aromatic N) is 1. The van der Waals surface area contributed by atoms with Crippen molar-refractivity contribution < 1.29 is 19.7 Å². The molecule has 0 aliphatic heterocycles. The van der Waals surface area contributed by atoms with Crippen LogP contribution in [0, 0.1) is 17.8 Å². The average molecular weight is 466 g/mol. The van der Waals surface area contributed by atoms with E-state index < -0.39 is 11.6 Å². The number of hydrogen-bond donors (Lipinski definition) is 2. The fourth-order valence-electron chi connectivity index (χ4n) is 4.37. The summed E-state index contributed by atoms with van der Waals surface area (Å²) in [5.74, 6) is 5.66. The van der Waals surface area contributed by atoms with Crippen LogP contribution in [0.15, 0.2) is 54.6 Å². The predicted octanol–water partition coefficient (Wildman–Crippen LogP) is 5.12. The second kappa shape index (κ2) is 14.5. The zero-order valence-electron chi connectivity index (χ0n) is 20.8. The van der Waals surface area contributed by atoms with Crippen molar-refractivity contribution in [3.05, 3.63) is 65.7 Å². The zero-order chi connectivity index (χ0) is 24.8. The number of ether oxygens (including phenoxy) is 1. The van der Waals surface area contributed by atoms with Crippen LogP contribution < -0.4 is 4.74 Å². The monoisotopic (exact) mass is 465 g/mol. The van der Waals surface area contributed by atoms with Crippen molar-refractivity contribution in [2.45, 2.75) is 58.0 Å². The van der Waals surface area contributed by atoms with Crippen LogP contribution in [0.25, 0.3) is 0 Å². The van der Waals surface area contributed by atoms with Gasteiger partial charge in [0.05, 0.1) is 13.7 Å². The lowest BCUT2D eigenvalue weighted by molar-refractivity contribution is -0.168. The van der Waals surface area contributed by atoms with Gasteiger partial charge < -0.3 is 14.9 Å². The van der Waals surface area contributed by atoms with E-state index in [-0.39, 0.29) is 5.92 Å². The third-order valence-electron chi connectivity index (χ3n) is 6.54. The minimum Gasteiger partial charge on any atom is -0.497 e. The highest BCUT2D eigenvalue weighted by Crippen LogP contribution is 2.39. The molecule has 1 aliphatic rings. The molecule has 0 bridgehead atoms. The van der Waals surface area contributed by atoms with Crippen molar-refractivity contribution in [2.24, 2.45) is 5.92 Å². The van der Waals surface area contributed by atoms with Crippen LogP contribution in [0.2, 0.25) is 0 Å². The fourth-order valence-corrected chi connectivity index (χ4v) is 4.37. The van der Waals surface area contributed by atoms with Crippen molar-refractivity contribution in [3.63, 3.8) is 0 Å². The van der Waals surface area contributed by atoms with E-state index in [2.05, 4.69) is 35.8 Å². The SMILES string of the molecule is CC#CCN(CC)CCc1ccc(OC)cc1.O=C(O)C(O)(c1ccccc1)C1CCCCC1. The molecule has 5 nitrogen and oxygen atoms in total. The van der Waals surface area contributed by atoms with Gasteiger partial charge in [0, 0.05) is 12.5 Å². The van der Waals surface area contributed by atoms with Gasteiger partial charge in [0.25, 0.3) is 0 Å². The molecule has 0 amide bonds. The molecule has 1 unspecified atom stereocenters. The van der Waals surface area contributed by atoms with Crippen LogP contribution in [0.3, 0.4) is 0 Å². The van der Waals surface area contributed by atoms with Gasteiger partial charge in [-0.3, -0.25) is 4.90 Å². The van der Waals surface area contributed by atoms with Gasteiger partial charge in [-0.25, -0.2) is 4.79 Å². The molecule has 3 rings (SSSR count). The molecule has 0 radical (unpaired) electrons. The topological polar surface area (TPSA) is 70.0 Å². The van der Waals surface area contributed by atoms with Gasteiger partial charge in [0.15, 0.2) is 5.60 Å². The molecule has 0 spiro atoms. The molecule has 2 N–H and O–H groups in total. The van der Waals surface area contributed by atoms with Gasteiger partial charge in [-0.05, 0) is 56.0 Å². The number of rotatable bonds is 9. The Bertz CT molecular complexity index is 911. The lowest BCUT2D eigenvalue weighted by atomic mass is 9.73. The van der Waals surface area contributed by atoms with Gasteiger partial charge >= 0.3 is 5.97 Å². The molecule has 0 aromatic heterocycles. The quantitative estimate of drug-likeness (QED) is 0.503. The van der Waals surface area contributed by atoms with Crippen molar-refractivity contribution in [2.75, 3.05) is 26.7 Å². The van der Waals surface area contributed by atoms with Crippen LogP contribution in [0.5, 0.6) is 5.75 Å². The first-order chi connectivity index (χ1) is 16.4. The van der Waals surface area contributed by atoms with Crippen LogP contribution in [0.1, 0.15) is 57.1 Å². The number of aliphatic carboxylic acids is 1. The molecule has 1 fully saturated rings. The summed E-state index contributed by atoms with van der Waals surface area (Å²) in [7, 11) is 1.69. The van der Waals surface area contributed by atoms with Gasteiger partial charge in [-0.15, -0.1) is 5.92 Å². The summed E-state index contributed by atoms with van der Waals surface area (Å²) >= 11 is 0. The summed E-state index contributed by atoms with van der Waals surface area (Å²) in [6, 6.07) is 17.0. The number of carbonyl (C=O) groups is 1. The summed E-state index contributed by atoms with van der Waals surface area (Å²) < 4.78 is 5.14. The number of carboxylic acid groups (broad SMARTS) is 1. The maximum Gasteiger partial charge on any atom is 0.340 e. The Morgan fingerprint density at radius 1 is 1.09 bits per heavy atom. The molecule has 2 aromatic carbocycles. The summed E-state index contributed by atoms with van der Waals surface area (Å²) in [5, 5.41) is 20.0. The minimum atomic E-state index is -1.72. The van der Waals surface area contributed by atoms with E-state index in [9.17, 15) is 15.0 Å². The third-order valence-corrected chi connectivity index (χ3v) is 6.54. The second-order valence-electron chi connectivity index (χ2n) is 8.67. The highest BCUT2D eigenvalue weighted by atomic mass is 16.5. The molecule has 1 saturated carbocycles. The van der Waals surface area contributed by atoms with Crippen LogP contribution in [-0.4, -0.2) is 47.8 Å². The standard InChI is InChI=1S/C15H21NO.C14H18O3/c1-4-6-12-16(5-2)13-11-14-7-9-15(17-3)10-8-14;15-13(16)14(17,11-7-3-1-4-8-11)12-9-5-2-6-10-12/h7-10H,5,11-13H2,1-3H3;1,3-4,7-8,12,17H,2,5-6,9-10H2,(H,15,16). The largest absolute Gasteiger partial charge is 0.497 e. The first-order valence-electron chi connectivity index (χ1n) is 12.2. The molecule has 2 aromatic rings. The minimum absolute atomic E-state index is 0.170. The molecular weight excluding hydrogens is 426 g/mol. The lowest BCUT2D eigenvalue weighted by Crippen LogP contribution is -2.43. The van der Waals surface area contributed by atoms with E-state index in [0.717, 1.165) is 63.9 Å². The Morgan fingerprint density at radius 3 is 2.26 bits per heavy atom. The Balaban J connectivity index is 0.000000240. The molecule has 184 valence electrons. The average Bonchev–Trinajstić information content (AvgIpc) is 2.90. The Morgan fingerprint density at radius 2 is 1.74 bits per heavy atom. The Hall–Kier alpha value is -2.81. The van der Waals surface area contributed by atoms with Gasteiger partial charge in [0.1, 0.15) is 5.75 Å². The van der Waals surface area contributed by atoms with Gasteiger partial charge in [0.2, 0.25) is 0 Å².